The molecule has 0 aliphatic carbocycles. The Balaban J connectivity index is 0.00000280. The van der Waals surface area contributed by atoms with E-state index in [-0.39, 0.29) is 29.8 Å². The molecule has 0 unspecified atom stereocenters. The quantitative estimate of drug-likeness (QED) is 0.273. The number of guanidine groups is 1. The smallest absolute Gasteiger partial charge is 0.193 e. The number of unbranched alkanes of at least 4 members (excludes halogenated alkanes) is 1. The van der Waals surface area contributed by atoms with Crippen LogP contribution in [0.25, 0.3) is 0 Å². The monoisotopic (exact) mass is 517 g/mol. The van der Waals surface area contributed by atoms with E-state index < -0.39 is 0 Å². The minimum absolute atomic E-state index is 0. The molecule has 2 aromatic rings. The van der Waals surface area contributed by atoms with Crippen LogP contribution in [-0.2, 0) is 6.42 Å². The van der Waals surface area contributed by atoms with E-state index in [0.717, 1.165) is 63.6 Å². The normalized spacial score (nSPS) is 14.8. The van der Waals surface area contributed by atoms with Gasteiger partial charge in [0, 0.05) is 50.8 Å². The van der Waals surface area contributed by atoms with Crippen LogP contribution in [0.5, 0.6) is 0 Å². The number of aryl methyl sites for hydroxylation is 2. The second kappa shape index (κ2) is 11.5. The highest BCUT2D eigenvalue weighted by atomic mass is 127. The standard InChI is InChI=1S/C20H28FN5S.HI/c1-16-15-27-19(24-16)9-5-6-10-23-20(22-2)26-13-11-25(12-14-26)18-8-4-3-7-17(18)21;/h3-4,7-8,15H,5-6,9-14H2,1-2H3,(H,22,23);1H. The van der Waals surface area contributed by atoms with Crippen molar-refractivity contribution in [2.75, 3.05) is 44.7 Å². The Hall–Kier alpha value is -1.42. The SMILES string of the molecule is CN=C(NCCCCc1nc(C)cs1)N1CCN(c2ccccc2F)CC1.I. The lowest BCUT2D eigenvalue weighted by Crippen LogP contribution is -2.52. The topological polar surface area (TPSA) is 43.8 Å². The zero-order chi connectivity index (χ0) is 19.1. The van der Waals surface area contributed by atoms with Gasteiger partial charge in [0.15, 0.2) is 5.96 Å². The minimum atomic E-state index is -0.149. The van der Waals surface area contributed by atoms with Crippen LogP contribution in [0.4, 0.5) is 10.1 Å². The minimum Gasteiger partial charge on any atom is -0.366 e. The Morgan fingerprint density at radius 3 is 2.61 bits per heavy atom. The average Bonchev–Trinajstić information content (AvgIpc) is 3.10. The summed E-state index contributed by atoms with van der Waals surface area (Å²) in [4.78, 5) is 13.3. The van der Waals surface area contributed by atoms with Gasteiger partial charge >= 0.3 is 0 Å². The van der Waals surface area contributed by atoms with E-state index in [0.29, 0.717) is 5.69 Å². The van der Waals surface area contributed by atoms with E-state index in [1.165, 1.54) is 11.1 Å². The van der Waals surface area contributed by atoms with Crippen LogP contribution in [0.15, 0.2) is 34.6 Å². The number of piperazine rings is 1. The Labute approximate surface area is 188 Å². The summed E-state index contributed by atoms with van der Waals surface area (Å²) in [5.74, 6) is 0.789. The number of nitrogens with zero attached hydrogens (tertiary/aromatic N) is 4. The van der Waals surface area contributed by atoms with Gasteiger partial charge in [-0.2, -0.15) is 0 Å². The van der Waals surface area contributed by atoms with Gasteiger partial charge in [-0.1, -0.05) is 12.1 Å². The summed E-state index contributed by atoms with van der Waals surface area (Å²) in [6, 6.07) is 6.99. The van der Waals surface area contributed by atoms with Crippen molar-refractivity contribution in [2.24, 2.45) is 4.99 Å². The molecule has 1 N–H and O–H groups in total. The number of halogens is 2. The molecule has 0 radical (unpaired) electrons. The lowest BCUT2D eigenvalue weighted by atomic mass is 10.2. The van der Waals surface area contributed by atoms with Crippen molar-refractivity contribution in [3.63, 3.8) is 0 Å². The number of para-hydroxylation sites is 1. The van der Waals surface area contributed by atoms with E-state index in [1.807, 2.05) is 26.1 Å². The molecule has 0 atom stereocenters. The summed E-state index contributed by atoms with van der Waals surface area (Å²) in [5, 5.41) is 6.79. The largest absolute Gasteiger partial charge is 0.366 e. The predicted molar refractivity (Wildman–Crippen MR) is 127 cm³/mol. The summed E-state index contributed by atoms with van der Waals surface area (Å²) in [7, 11) is 1.82. The number of hydrogen-bond donors (Lipinski definition) is 1. The van der Waals surface area contributed by atoms with Gasteiger partial charge in [0.2, 0.25) is 0 Å². The molecule has 1 aliphatic heterocycles. The van der Waals surface area contributed by atoms with Crippen molar-refractivity contribution in [3.8, 4) is 0 Å². The molecule has 0 bridgehead atoms. The van der Waals surface area contributed by atoms with Gasteiger partial charge in [0.25, 0.3) is 0 Å². The number of hydrogen-bond acceptors (Lipinski definition) is 4. The highest BCUT2D eigenvalue weighted by molar-refractivity contribution is 14.0. The van der Waals surface area contributed by atoms with Crippen molar-refractivity contribution in [3.05, 3.63) is 46.2 Å². The summed E-state index contributed by atoms with van der Waals surface area (Å²) in [5.41, 5.74) is 1.81. The molecule has 0 spiro atoms. The number of aromatic nitrogens is 1. The van der Waals surface area contributed by atoms with Gasteiger partial charge in [0.1, 0.15) is 5.82 Å². The van der Waals surface area contributed by atoms with E-state index >= 15 is 0 Å². The fourth-order valence-electron chi connectivity index (χ4n) is 3.32. The number of nitrogens with one attached hydrogen (secondary N) is 1. The van der Waals surface area contributed by atoms with Gasteiger partial charge in [-0.15, -0.1) is 35.3 Å². The molecule has 154 valence electrons. The Kier molecular flexibility index (Phi) is 9.43. The highest BCUT2D eigenvalue weighted by Crippen LogP contribution is 2.20. The van der Waals surface area contributed by atoms with E-state index in [4.69, 9.17) is 0 Å². The van der Waals surface area contributed by atoms with Gasteiger partial charge < -0.3 is 15.1 Å². The van der Waals surface area contributed by atoms with Crippen LogP contribution in [0.2, 0.25) is 0 Å². The first kappa shape index (κ1) is 22.9. The first-order valence-corrected chi connectivity index (χ1v) is 10.4. The second-order valence-corrected chi connectivity index (χ2v) is 7.68. The first-order chi connectivity index (χ1) is 13.2. The number of thiazole rings is 1. The molecule has 1 aromatic heterocycles. The van der Waals surface area contributed by atoms with Crippen LogP contribution in [-0.4, -0.2) is 55.6 Å². The molecule has 1 saturated heterocycles. The number of benzene rings is 1. The zero-order valence-corrected chi connectivity index (χ0v) is 19.7. The van der Waals surface area contributed by atoms with E-state index in [2.05, 4.69) is 30.5 Å². The number of rotatable bonds is 6. The lowest BCUT2D eigenvalue weighted by molar-refractivity contribution is 0.370. The van der Waals surface area contributed by atoms with Crippen molar-refractivity contribution < 1.29 is 4.39 Å². The third-order valence-electron chi connectivity index (χ3n) is 4.75. The second-order valence-electron chi connectivity index (χ2n) is 6.74. The van der Waals surface area contributed by atoms with Crippen molar-refractivity contribution in [1.29, 1.82) is 0 Å². The summed E-state index contributed by atoms with van der Waals surface area (Å²) in [6.45, 7) is 6.22. The maximum Gasteiger partial charge on any atom is 0.193 e. The molecule has 1 aliphatic rings. The van der Waals surface area contributed by atoms with Crippen LogP contribution in [0.1, 0.15) is 23.5 Å². The molecular formula is C20H29FIN5S. The molecule has 2 heterocycles. The van der Waals surface area contributed by atoms with Crippen LogP contribution in [0.3, 0.4) is 0 Å². The van der Waals surface area contributed by atoms with Gasteiger partial charge in [0.05, 0.1) is 10.7 Å². The zero-order valence-electron chi connectivity index (χ0n) is 16.5. The summed E-state index contributed by atoms with van der Waals surface area (Å²) >= 11 is 1.75. The Morgan fingerprint density at radius 1 is 1.21 bits per heavy atom. The third kappa shape index (κ3) is 6.30. The van der Waals surface area contributed by atoms with Crippen LogP contribution in [0, 0.1) is 12.7 Å². The molecule has 5 nitrogen and oxygen atoms in total. The molecule has 3 rings (SSSR count). The van der Waals surface area contributed by atoms with Gasteiger partial charge in [-0.3, -0.25) is 4.99 Å². The molecule has 28 heavy (non-hydrogen) atoms. The lowest BCUT2D eigenvalue weighted by Gasteiger charge is -2.37. The predicted octanol–water partition coefficient (Wildman–Crippen LogP) is 3.93. The Bertz CT molecular complexity index is 759. The third-order valence-corrected chi connectivity index (χ3v) is 5.78. The first-order valence-electron chi connectivity index (χ1n) is 9.53. The molecule has 0 amide bonds. The molecule has 8 heteroatoms. The fraction of sp³-hybridized carbons (Fsp3) is 0.500. The van der Waals surface area contributed by atoms with Crippen molar-refractivity contribution >= 4 is 47.0 Å². The fourth-order valence-corrected chi connectivity index (χ4v) is 4.14. The number of aliphatic imine (C=N–C) groups is 1. The van der Waals surface area contributed by atoms with E-state index in [1.54, 1.807) is 17.4 Å². The molecule has 1 fully saturated rings. The van der Waals surface area contributed by atoms with Crippen molar-refractivity contribution in [2.45, 2.75) is 26.2 Å². The average molecular weight is 517 g/mol. The maximum absolute atomic E-state index is 14.0. The summed E-state index contributed by atoms with van der Waals surface area (Å²) in [6.07, 6.45) is 3.25. The van der Waals surface area contributed by atoms with Gasteiger partial charge in [-0.25, -0.2) is 9.37 Å². The molecule has 1 aromatic carbocycles. The summed E-state index contributed by atoms with van der Waals surface area (Å²) < 4.78 is 14.0. The van der Waals surface area contributed by atoms with Crippen LogP contribution >= 0.6 is 35.3 Å². The highest BCUT2D eigenvalue weighted by Gasteiger charge is 2.21. The molecular weight excluding hydrogens is 488 g/mol. The maximum atomic E-state index is 14.0. The number of anilines is 1. The van der Waals surface area contributed by atoms with Crippen molar-refractivity contribution in [1.82, 2.24) is 15.2 Å². The van der Waals surface area contributed by atoms with Gasteiger partial charge in [-0.05, 0) is 38.3 Å². The molecule has 0 saturated carbocycles. The van der Waals surface area contributed by atoms with E-state index in [9.17, 15) is 4.39 Å². The van der Waals surface area contributed by atoms with Crippen LogP contribution < -0.4 is 10.2 Å². The Morgan fingerprint density at radius 2 is 1.96 bits per heavy atom.